The standard InChI is InChI=1S/C21H20F3N5O3/c1-27-4-6-28(7-5-27)19(30)9-14-11-25-29-18(21(22,23)24)10-15(26-20(14)29)13-2-3-16-17(8-13)32-12-31-16/h2-3,8,10-11H,4-7,9,12H2,1H3. The number of carbonyl (C=O) groups excluding carboxylic acids is 1. The molecule has 0 saturated carbocycles. The summed E-state index contributed by atoms with van der Waals surface area (Å²) in [5, 5.41) is 3.90. The molecule has 2 aliphatic rings. The lowest BCUT2D eigenvalue weighted by Crippen LogP contribution is -2.47. The van der Waals surface area contributed by atoms with Crippen molar-refractivity contribution in [1.82, 2.24) is 24.4 Å². The second kappa shape index (κ2) is 7.66. The molecule has 168 valence electrons. The maximum Gasteiger partial charge on any atom is 0.433 e. The molecule has 1 amide bonds. The molecule has 8 nitrogen and oxygen atoms in total. The molecule has 1 aromatic carbocycles. The molecule has 0 spiro atoms. The smallest absolute Gasteiger partial charge is 0.433 e. The average molecular weight is 447 g/mol. The first-order valence-electron chi connectivity index (χ1n) is 10.1. The van der Waals surface area contributed by atoms with Crippen LogP contribution in [0.2, 0.25) is 0 Å². The van der Waals surface area contributed by atoms with Gasteiger partial charge in [-0.25, -0.2) is 9.50 Å². The molecule has 0 bridgehead atoms. The number of carbonyl (C=O) groups is 1. The van der Waals surface area contributed by atoms with Gasteiger partial charge in [0.2, 0.25) is 12.7 Å². The molecule has 32 heavy (non-hydrogen) atoms. The lowest BCUT2D eigenvalue weighted by molar-refractivity contribution is -0.142. The molecule has 1 fully saturated rings. The molecule has 4 heterocycles. The Bertz CT molecular complexity index is 1190. The van der Waals surface area contributed by atoms with Crippen molar-refractivity contribution >= 4 is 11.6 Å². The number of fused-ring (bicyclic) bond motifs is 2. The maximum atomic E-state index is 13.8. The highest BCUT2D eigenvalue weighted by Gasteiger charge is 2.36. The van der Waals surface area contributed by atoms with Gasteiger partial charge in [0.05, 0.1) is 18.3 Å². The number of amides is 1. The summed E-state index contributed by atoms with van der Waals surface area (Å²) in [5.41, 5.74) is -0.0535. The molecule has 5 rings (SSSR count). The van der Waals surface area contributed by atoms with Crippen LogP contribution < -0.4 is 9.47 Å². The van der Waals surface area contributed by atoms with E-state index in [2.05, 4.69) is 15.0 Å². The fourth-order valence-corrected chi connectivity index (χ4v) is 3.87. The van der Waals surface area contributed by atoms with Crippen molar-refractivity contribution in [2.75, 3.05) is 40.0 Å². The Labute approximate surface area is 181 Å². The molecule has 1 saturated heterocycles. The van der Waals surface area contributed by atoms with Gasteiger partial charge in [-0.2, -0.15) is 18.3 Å². The van der Waals surface area contributed by atoms with Gasteiger partial charge in [-0.05, 0) is 31.3 Å². The van der Waals surface area contributed by atoms with E-state index in [4.69, 9.17) is 9.47 Å². The highest BCUT2D eigenvalue weighted by Crippen LogP contribution is 2.37. The number of ether oxygens (including phenoxy) is 2. The van der Waals surface area contributed by atoms with Gasteiger partial charge in [0.15, 0.2) is 22.8 Å². The van der Waals surface area contributed by atoms with Crippen LogP contribution in [0.1, 0.15) is 11.3 Å². The Hall–Kier alpha value is -3.34. The van der Waals surface area contributed by atoms with E-state index < -0.39 is 11.9 Å². The number of nitrogens with zero attached hydrogens (tertiary/aromatic N) is 5. The Morgan fingerprint density at radius 2 is 1.84 bits per heavy atom. The maximum absolute atomic E-state index is 13.8. The molecule has 2 aromatic heterocycles. The fraction of sp³-hybridized carbons (Fsp3) is 0.381. The molecule has 0 atom stereocenters. The molecule has 0 aliphatic carbocycles. The summed E-state index contributed by atoms with van der Waals surface area (Å²) >= 11 is 0. The SMILES string of the molecule is CN1CCN(C(=O)Cc2cnn3c(C(F)(F)F)cc(-c4ccc5c(c4)OCO5)nc23)CC1. The Morgan fingerprint density at radius 3 is 2.59 bits per heavy atom. The summed E-state index contributed by atoms with van der Waals surface area (Å²) in [4.78, 5) is 21.0. The van der Waals surface area contributed by atoms with Crippen LogP contribution in [0.5, 0.6) is 11.5 Å². The van der Waals surface area contributed by atoms with Crippen molar-refractivity contribution in [1.29, 1.82) is 0 Å². The van der Waals surface area contributed by atoms with Crippen molar-refractivity contribution in [3.63, 3.8) is 0 Å². The molecule has 3 aromatic rings. The van der Waals surface area contributed by atoms with E-state index >= 15 is 0 Å². The lowest BCUT2D eigenvalue weighted by Gasteiger charge is -2.32. The molecule has 0 N–H and O–H groups in total. The minimum absolute atomic E-state index is 0.00923. The van der Waals surface area contributed by atoms with Crippen LogP contribution in [0, 0.1) is 0 Å². The number of hydrogen-bond donors (Lipinski definition) is 0. The highest BCUT2D eigenvalue weighted by atomic mass is 19.4. The van der Waals surface area contributed by atoms with E-state index in [1.165, 1.54) is 6.20 Å². The van der Waals surface area contributed by atoms with Gasteiger partial charge in [0.25, 0.3) is 0 Å². The second-order valence-corrected chi connectivity index (χ2v) is 7.86. The van der Waals surface area contributed by atoms with Gasteiger partial charge in [0, 0.05) is 37.3 Å². The summed E-state index contributed by atoms with van der Waals surface area (Å²) in [6.45, 7) is 2.73. The third-order valence-electron chi connectivity index (χ3n) is 5.70. The number of likely N-dealkylation sites (N-methyl/N-ethyl adjacent to an activating group) is 1. The summed E-state index contributed by atoms with van der Waals surface area (Å²) in [6.07, 6.45) is -3.44. The Morgan fingerprint density at radius 1 is 1.09 bits per heavy atom. The lowest BCUT2D eigenvalue weighted by atomic mass is 10.1. The number of alkyl halides is 3. The first-order valence-corrected chi connectivity index (χ1v) is 10.1. The van der Waals surface area contributed by atoms with Gasteiger partial charge >= 0.3 is 6.18 Å². The van der Waals surface area contributed by atoms with Crippen LogP contribution in [0.3, 0.4) is 0 Å². The van der Waals surface area contributed by atoms with Gasteiger partial charge in [-0.3, -0.25) is 4.79 Å². The van der Waals surface area contributed by atoms with Crippen LogP contribution in [0.25, 0.3) is 16.9 Å². The number of aromatic nitrogens is 3. The normalized spacial score (nSPS) is 16.7. The van der Waals surface area contributed by atoms with E-state index in [1.807, 2.05) is 7.05 Å². The van der Waals surface area contributed by atoms with E-state index in [0.29, 0.717) is 35.7 Å². The summed E-state index contributed by atoms with van der Waals surface area (Å²) in [6, 6.07) is 5.79. The molecule has 11 heteroatoms. The van der Waals surface area contributed by atoms with E-state index in [1.54, 1.807) is 23.1 Å². The molecular weight excluding hydrogens is 427 g/mol. The zero-order valence-corrected chi connectivity index (χ0v) is 17.2. The van der Waals surface area contributed by atoms with Crippen LogP contribution in [-0.4, -0.2) is 70.3 Å². The van der Waals surface area contributed by atoms with Gasteiger partial charge < -0.3 is 19.3 Å². The van der Waals surface area contributed by atoms with Crippen molar-refractivity contribution in [3.05, 3.63) is 41.7 Å². The number of piperazine rings is 1. The number of halogens is 3. The molecular formula is C21H20F3N5O3. The van der Waals surface area contributed by atoms with E-state index in [0.717, 1.165) is 23.7 Å². The average Bonchev–Trinajstić information content (AvgIpc) is 3.39. The second-order valence-electron chi connectivity index (χ2n) is 7.86. The zero-order chi connectivity index (χ0) is 22.5. The molecule has 0 unspecified atom stereocenters. The van der Waals surface area contributed by atoms with Crippen LogP contribution in [0.4, 0.5) is 13.2 Å². The minimum Gasteiger partial charge on any atom is -0.454 e. The number of rotatable bonds is 3. The predicted molar refractivity (Wildman–Crippen MR) is 107 cm³/mol. The summed E-state index contributed by atoms with van der Waals surface area (Å²) in [5.74, 6) is 0.808. The van der Waals surface area contributed by atoms with E-state index in [-0.39, 0.29) is 30.5 Å². The largest absolute Gasteiger partial charge is 0.454 e. The monoisotopic (exact) mass is 447 g/mol. The van der Waals surface area contributed by atoms with Crippen LogP contribution >= 0.6 is 0 Å². The topological polar surface area (TPSA) is 72.2 Å². The molecule has 0 radical (unpaired) electrons. The van der Waals surface area contributed by atoms with Crippen molar-refractivity contribution in [3.8, 4) is 22.8 Å². The predicted octanol–water partition coefficient (Wildman–Crippen LogP) is 2.46. The third kappa shape index (κ3) is 3.72. The summed E-state index contributed by atoms with van der Waals surface area (Å²) in [7, 11) is 1.98. The number of benzene rings is 1. The summed E-state index contributed by atoms with van der Waals surface area (Å²) < 4.78 is 52.8. The fourth-order valence-electron chi connectivity index (χ4n) is 3.87. The number of hydrogen-bond acceptors (Lipinski definition) is 6. The first-order chi connectivity index (χ1) is 15.3. The van der Waals surface area contributed by atoms with Crippen molar-refractivity contribution in [2.24, 2.45) is 0 Å². The van der Waals surface area contributed by atoms with Gasteiger partial charge in [-0.15, -0.1) is 0 Å². The zero-order valence-electron chi connectivity index (χ0n) is 17.2. The van der Waals surface area contributed by atoms with Crippen molar-refractivity contribution < 1.29 is 27.4 Å². The quantitative estimate of drug-likeness (QED) is 0.614. The first kappa shape index (κ1) is 20.6. The van der Waals surface area contributed by atoms with E-state index in [9.17, 15) is 18.0 Å². The Balaban J connectivity index is 1.54. The Kier molecular flexibility index (Phi) is 4.92. The molecule has 2 aliphatic heterocycles. The van der Waals surface area contributed by atoms with Gasteiger partial charge in [0.1, 0.15) is 0 Å². The van der Waals surface area contributed by atoms with Crippen LogP contribution in [-0.2, 0) is 17.4 Å². The van der Waals surface area contributed by atoms with Crippen LogP contribution in [0.15, 0.2) is 30.5 Å². The minimum atomic E-state index is -4.66. The van der Waals surface area contributed by atoms with Crippen molar-refractivity contribution in [2.45, 2.75) is 12.6 Å². The third-order valence-corrected chi connectivity index (χ3v) is 5.70. The highest BCUT2D eigenvalue weighted by molar-refractivity contribution is 5.81. The van der Waals surface area contributed by atoms with Gasteiger partial charge in [-0.1, -0.05) is 0 Å².